The van der Waals surface area contributed by atoms with Gasteiger partial charge in [-0.25, -0.2) is 4.98 Å². The summed E-state index contributed by atoms with van der Waals surface area (Å²) in [5.41, 5.74) is 3.43. The quantitative estimate of drug-likeness (QED) is 0.336. The first-order valence-electron chi connectivity index (χ1n) is 11.7. The van der Waals surface area contributed by atoms with Crippen LogP contribution in [0.2, 0.25) is 0 Å². The Morgan fingerprint density at radius 2 is 1.53 bits per heavy atom. The van der Waals surface area contributed by atoms with Crippen LogP contribution in [0.1, 0.15) is 23.4 Å². The Bertz CT molecular complexity index is 1690. The van der Waals surface area contributed by atoms with Crippen molar-refractivity contribution in [3.8, 4) is 11.1 Å². The standard InChI is InChI=1S/C30H23N3O2S/c1-20-31-28-27(25(19-36-28)21-11-5-2-6-12-21)29(34)33(20)32-24-17-26(22-13-7-3-8-14-22)30(35,18-24)23-15-9-4-10-16-23/h2-17,19,35H,18H2,1H3/b32-24-. The van der Waals surface area contributed by atoms with E-state index in [4.69, 9.17) is 5.10 Å². The molecule has 1 N–H and O–H groups in total. The van der Waals surface area contributed by atoms with Crippen LogP contribution < -0.4 is 5.56 Å². The van der Waals surface area contributed by atoms with Gasteiger partial charge in [0, 0.05) is 17.4 Å². The highest BCUT2D eigenvalue weighted by molar-refractivity contribution is 7.17. The monoisotopic (exact) mass is 489 g/mol. The highest BCUT2D eigenvalue weighted by Gasteiger charge is 2.40. The van der Waals surface area contributed by atoms with E-state index in [1.54, 1.807) is 6.92 Å². The summed E-state index contributed by atoms with van der Waals surface area (Å²) in [6.07, 6.45) is 2.14. The molecule has 1 aliphatic rings. The Hall–Kier alpha value is -4.13. The summed E-state index contributed by atoms with van der Waals surface area (Å²) >= 11 is 1.46. The van der Waals surface area contributed by atoms with Gasteiger partial charge in [-0.3, -0.25) is 4.79 Å². The van der Waals surface area contributed by atoms with E-state index in [1.165, 1.54) is 16.0 Å². The molecule has 0 saturated heterocycles. The van der Waals surface area contributed by atoms with Gasteiger partial charge in [-0.15, -0.1) is 11.3 Å². The van der Waals surface area contributed by atoms with E-state index >= 15 is 0 Å². The van der Waals surface area contributed by atoms with Crippen LogP contribution in [0.5, 0.6) is 0 Å². The molecule has 1 unspecified atom stereocenters. The summed E-state index contributed by atoms with van der Waals surface area (Å²) in [4.78, 5) is 19.1. The number of rotatable bonds is 4. The van der Waals surface area contributed by atoms with Crippen LogP contribution in [0.4, 0.5) is 0 Å². The van der Waals surface area contributed by atoms with Crippen molar-refractivity contribution in [3.05, 3.63) is 130 Å². The molecule has 176 valence electrons. The Morgan fingerprint density at radius 1 is 0.917 bits per heavy atom. The molecular weight excluding hydrogens is 466 g/mol. The summed E-state index contributed by atoms with van der Waals surface area (Å²) < 4.78 is 1.37. The predicted molar refractivity (Wildman–Crippen MR) is 146 cm³/mol. The van der Waals surface area contributed by atoms with E-state index in [0.29, 0.717) is 21.8 Å². The fourth-order valence-corrected chi connectivity index (χ4v) is 5.81. The Morgan fingerprint density at radius 3 is 2.19 bits per heavy atom. The summed E-state index contributed by atoms with van der Waals surface area (Å²) in [7, 11) is 0. The van der Waals surface area contributed by atoms with Crippen molar-refractivity contribution < 1.29 is 5.11 Å². The molecule has 0 aliphatic heterocycles. The molecule has 1 aliphatic carbocycles. The molecule has 0 saturated carbocycles. The number of aromatic nitrogens is 2. The molecule has 0 amide bonds. The van der Waals surface area contributed by atoms with E-state index in [9.17, 15) is 9.90 Å². The van der Waals surface area contributed by atoms with Crippen molar-refractivity contribution in [1.29, 1.82) is 0 Å². The number of hydrogen-bond acceptors (Lipinski definition) is 5. The minimum Gasteiger partial charge on any atom is -0.380 e. The van der Waals surface area contributed by atoms with Gasteiger partial charge in [-0.05, 0) is 35.3 Å². The lowest BCUT2D eigenvalue weighted by molar-refractivity contribution is 0.113. The minimum absolute atomic E-state index is 0.213. The summed E-state index contributed by atoms with van der Waals surface area (Å²) in [5.74, 6) is 0.506. The third-order valence-corrected chi connectivity index (χ3v) is 7.46. The van der Waals surface area contributed by atoms with Gasteiger partial charge in [-0.1, -0.05) is 91.0 Å². The Labute approximate surface area is 212 Å². The molecule has 2 heterocycles. The largest absolute Gasteiger partial charge is 0.380 e. The molecule has 0 fully saturated rings. The number of aryl methyl sites for hydroxylation is 1. The van der Waals surface area contributed by atoms with Crippen molar-refractivity contribution in [2.45, 2.75) is 18.9 Å². The second-order valence-corrected chi connectivity index (χ2v) is 9.75. The predicted octanol–water partition coefficient (Wildman–Crippen LogP) is 6.01. The van der Waals surface area contributed by atoms with Gasteiger partial charge in [0.05, 0.1) is 11.1 Å². The molecule has 0 radical (unpaired) electrons. The molecule has 5 nitrogen and oxygen atoms in total. The zero-order valence-corrected chi connectivity index (χ0v) is 20.4. The van der Waals surface area contributed by atoms with E-state index in [1.807, 2.05) is 102 Å². The van der Waals surface area contributed by atoms with Crippen molar-refractivity contribution in [1.82, 2.24) is 9.66 Å². The first kappa shape index (κ1) is 22.3. The van der Waals surface area contributed by atoms with Crippen LogP contribution in [0.25, 0.3) is 26.9 Å². The summed E-state index contributed by atoms with van der Waals surface area (Å²) in [6.45, 7) is 1.78. The molecule has 6 heteroatoms. The Kier molecular flexibility index (Phi) is 5.48. The first-order valence-corrected chi connectivity index (χ1v) is 12.6. The normalized spacial score (nSPS) is 18.6. The van der Waals surface area contributed by atoms with E-state index in [-0.39, 0.29) is 12.0 Å². The van der Waals surface area contributed by atoms with Crippen LogP contribution in [-0.4, -0.2) is 20.5 Å². The van der Waals surface area contributed by atoms with Crippen molar-refractivity contribution in [2.75, 3.05) is 0 Å². The van der Waals surface area contributed by atoms with Gasteiger partial charge in [0.25, 0.3) is 5.56 Å². The van der Waals surface area contributed by atoms with Crippen molar-refractivity contribution >= 4 is 32.8 Å². The SMILES string of the molecule is Cc1nc2scc(-c3ccccc3)c2c(=O)n1/N=C1/C=C(c2ccccc2)C(O)(c2ccccc2)C1. The molecule has 5 aromatic rings. The number of nitrogens with zero attached hydrogens (tertiary/aromatic N) is 3. The van der Waals surface area contributed by atoms with E-state index < -0.39 is 5.60 Å². The maximum absolute atomic E-state index is 13.7. The van der Waals surface area contributed by atoms with Gasteiger partial charge in [0.2, 0.25) is 0 Å². The van der Waals surface area contributed by atoms with Gasteiger partial charge in [-0.2, -0.15) is 9.78 Å². The van der Waals surface area contributed by atoms with Crippen molar-refractivity contribution in [3.63, 3.8) is 0 Å². The number of allylic oxidation sites excluding steroid dienone is 1. The third-order valence-electron chi connectivity index (χ3n) is 6.59. The number of thiophene rings is 1. The molecule has 36 heavy (non-hydrogen) atoms. The minimum atomic E-state index is -1.26. The molecule has 0 bridgehead atoms. The number of aliphatic hydroxyl groups is 1. The average molecular weight is 490 g/mol. The molecule has 3 aromatic carbocycles. The topological polar surface area (TPSA) is 67.5 Å². The van der Waals surface area contributed by atoms with E-state index in [0.717, 1.165) is 27.8 Å². The Balaban J connectivity index is 1.52. The van der Waals surface area contributed by atoms with Crippen LogP contribution in [-0.2, 0) is 5.60 Å². The highest BCUT2D eigenvalue weighted by atomic mass is 32.1. The summed E-state index contributed by atoms with van der Waals surface area (Å²) in [6, 6.07) is 29.2. The van der Waals surface area contributed by atoms with Gasteiger partial charge < -0.3 is 5.11 Å². The maximum Gasteiger partial charge on any atom is 0.283 e. The highest BCUT2D eigenvalue weighted by Crippen LogP contribution is 2.44. The summed E-state index contributed by atoms with van der Waals surface area (Å²) in [5, 5.41) is 19.2. The molecule has 1 atom stereocenters. The molecule has 0 spiro atoms. The fourth-order valence-electron chi connectivity index (χ4n) is 4.83. The second-order valence-electron chi connectivity index (χ2n) is 8.89. The van der Waals surface area contributed by atoms with Crippen LogP contribution in [0, 0.1) is 6.92 Å². The lowest BCUT2D eigenvalue weighted by Crippen LogP contribution is -2.26. The van der Waals surface area contributed by atoms with Crippen LogP contribution in [0.3, 0.4) is 0 Å². The number of hydrogen-bond donors (Lipinski definition) is 1. The van der Waals surface area contributed by atoms with E-state index in [2.05, 4.69) is 4.98 Å². The zero-order chi connectivity index (χ0) is 24.7. The lowest BCUT2D eigenvalue weighted by atomic mass is 9.84. The number of fused-ring (bicyclic) bond motifs is 1. The molecule has 6 rings (SSSR count). The maximum atomic E-state index is 13.7. The van der Waals surface area contributed by atoms with Crippen molar-refractivity contribution in [2.24, 2.45) is 5.10 Å². The van der Waals surface area contributed by atoms with Gasteiger partial charge in [0.15, 0.2) is 0 Å². The van der Waals surface area contributed by atoms with Crippen LogP contribution >= 0.6 is 11.3 Å². The molecule has 2 aromatic heterocycles. The van der Waals surface area contributed by atoms with Gasteiger partial charge >= 0.3 is 0 Å². The average Bonchev–Trinajstić information content (AvgIpc) is 3.50. The smallest absolute Gasteiger partial charge is 0.283 e. The van der Waals surface area contributed by atoms with Crippen LogP contribution in [0.15, 0.2) is 112 Å². The zero-order valence-electron chi connectivity index (χ0n) is 19.6. The second kappa shape index (κ2) is 8.82. The lowest BCUT2D eigenvalue weighted by Gasteiger charge is -2.27. The first-order chi connectivity index (χ1) is 17.5. The number of benzene rings is 3. The molecular formula is C30H23N3O2S. The third kappa shape index (κ3) is 3.71. The van der Waals surface area contributed by atoms with Gasteiger partial charge in [0.1, 0.15) is 16.3 Å². The fraction of sp³-hybridized carbons (Fsp3) is 0.100.